The zero-order valence-corrected chi connectivity index (χ0v) is 13.6. The predicted molar refractivity (Wildman–Crippen MR) is 87.9 cm³/mol. The van der Waals surface area contributed by atoms with E-state index < -0.39 is 5.97 Å². The van der Waals surface area contributed by atoms with E-state index in [2.05, 4.69) is 17.0 Å². The van der Waals surface area contributed by atoms with E-state index in [0.717, 1.165) is 48.8 Å². The average Bonchev–Trinajstić information content (AvgIpc) is 3.08. The molecule has 120 valence electrons. The Kier molecular flexibility index (Phi) is 5.04. The molecule has 2 aliphatic carbocycles. The highest BCUT2D eigenvalue weighted by atomic mass is 35.5. The summed E-state index contributed by atoms with van der Waals surface area (Å²) in [5.41, 5.74) is 1.25. The third-order valence-corrected chi connectivity index (χ3v) is 5.29. The number of hydrogen-bond donors (Lipinski definition) is 1. The Labute approximate surface area is 137 Å². The molecule has 2 atom stereocenters. The second-order valence-electron chi connectivity index (χ2n) is 6.95. The maximum atomic E-state index is 10.7. The van der Waals surface area contributed by atoms with Crippen molar-refractivity contribution in [2.45, 2.75) is 38.6 Å². The molecule has 2 saturated carbocycles. The lowest BCUT2D eigenvalue weighted by molar-refractivity contribution is -0.137. The van der Waals surface area contributed by atoms with Crippen LogP contribution in [0.5, 0.6) is 0 Å². The largest absolute Gasteiger partial charge is 0.481 e. The number of aliphatic carboxylic acids is 1. The molecule has 1 aromatic rings. The van der Waals surface area contributed by atoms with Crippen molar-refractivity contribution in [3.8, 4) is 0 Å². The van der Waals surface area contributed by atoms with Gasteiger partial charge in [0.2, 0.25) is 0 Å². The van der Waals surface area contributed by atoms with Crippen LogP contribution in [-0.4, -0.2) is 29.1 Å². The molecular weight excluding hydrogens is 298 g/mol. The summed E-state index contributed by atoms with van der Waals surface area (Å²) in [6, 6.07) is 7.99. The summed E-state index contributed by atoms with van der Waals surface area (Å²) >= 11 is 5.95. The van der Waals surface area contributed by atoms with Crippen LogP contribution >= 0.6 is 11.6 Å². The molecule has 0 spiro atoms. The normalized spacial score (nSPS) is 26.2. The lowest BCUT2D eigenvalue weighted by atomic mass is 10.0. The van der Waals surface area contributed by atoms with Crippen molar-refractivity contribution in [1.82, 2.24) is 4.90 Å². The molecule has 3 nitrogen and oxygen atoms in total. The van der Waals surface area contributed by atoms with Crippen molar-refractivity contribution in [1.29, 1.82) is 0 Å². The maximum absolute atomic E-state index is 10.7. The molecule has 0 heterocycles. The molecule has 4 heteroatoms. The number of nitrogens with zero attached hydrogens (tertiary/aromatic N) is 1. The van der Waals surface area contributed by atoms with Gasteiger partial charge in [-0.1, -0.05) is 23.7 Å². The van der Waals surface area contributed by atoms with E-state index in [-0.39, 0.29) is 6.42 Å². The molecule has 2 fully saturated rings. The van der Waals surface area contributed by atoms with Gasteiger partial charge in [-0.15, -0.1) is 0 Å². The van der Waals surface area contributed by atoms with E-state index in [1.54, 1.807) is 0 Å². The second kappa shape index (κ2) is 7.01. The highest BCUT2D eigenvalue weighted by molar-refractivity contribution is 6.30. The molecule has 1 aromatic carbocycles. The van der Waals surface area contributed by atoms with Crippen LogP contribution in [0, 0.1) is 17.8 Å². The summed E-state index contributed by atoms with van der Waals surface area (Å²) < 4.78 is 0. The summed E-state index contributed by atoms with van der Waals surface area (Å²) in [5, 5.41) is 9.60. The van der Waals surface area contributed by atoms with Crippen LogP contribution < -0.4 is 0 Å². The van der Waals surface area contributed by atoms with E-state index in [0.29, 0.717) is 0 Å². The molecule has 3 rings (SSSR count). The first-order valence-corrected chi connectivity index (χ1v) is 8.66. The molecule has 0 aliphatic heterocycles. The molecule has 0 radical (unpaired) electrons. The highest BCUT2D eigenvalue weighted by Crippen LogP contribution is 2.54. The zero-order valence-electron chi connectivity index (χ0n) is 12.9. The number of rotatable bonds is 8. The fourth-order valence-electron chi connectivity index (χ4n) is 3.89. The SMILES string of the molecule is O=C(O)CCCN(Cc1ccc(Cl)cc1)CC1CC2CC2C1. The van der Waals surface area contributed by atoms with E-state index >= 15 is 0 Å². The maximum Gasteiger partial charge on any atom is 0.303 e. The van der Waals surface area contributed by atoms with Gasteiger partial charge in [-0.2, -0.15) is 0 Å². The fourth-order valence-corrected chi connectivity index (χ4v) is 4.02. The van der Waals surface area contributed by atoms with Crippen molar-refractivity contribution < 1.29 is 9.90 Å². The minimum atomic E-state index is -0.700. The number of carboxylic acid groups (broad SMARTS) is 1. The van der Waals surface area contributed by atoms with E-state index in [9.17, 15) is 4.79 Å². The van der Waals surface area contributed by atoms with Crippen molar-refractivity contribution in [3.63, 3.8) is 0 Å². The minimum Gasteiger partial charge on any atom is -0.481 e. The molecule has 2 unspecified atom stereocenters. The average molecular weight is 322 g/mol. The van der Waals surface area contributed by atoms with Crippen LogP contribution in [0.15, 0.2) is 24.3 Å². The smallest absolute Gasteiger partial charge is 0.303 e. The summed E-state index contributed by atoms with van der Waals surface area (Å²) in [4.78, 5) is 13.2. The van der Waals surface area contributed by atoms with Crippen LogP contribution in [0.3, 0.4) is 0 Å². The zero-order chi connectivity index (χ0) is 15.5. The molecule has 1 N–H and O–H groups in total. The van der Waals surface area contributed by atoms with Crippen molar-refractivity contribution in [3.05, 3.63) is 34.9 Å². The van der Waals surface area contributed by atoms with Crippen LogP contribution in [0.4, 0.5) is 0 Å². The lowest BCUT2D eigenvalue weighted by Gasteiger charge is -2.26. The summed E-state index contributed by atoms with van der Waals surface area (Å²) in [6.45, 7) is 2.86. The van der Waals surface area contributed by atoms with Crippen molar-refractivity contribution in [2.24, 2.45) is 17.8 Å². The fraction of sp³-hybridized carbons (Fsp3) is 0.611. The number of carbonyl (C=O) groups is 1. The molecule has 0 bridgehead atoms. The summed E-state index contributed by atoms with van der Waals surface area (Å²) in [6.07, 6.45) is 5.18. The third-order valence-electron chi connectivity index (χ3n) is 5.04. The minimum absolute atomic E-state index is 0.257. The molecular formula is C18H24ClNO2. The van der Waals surface area contributed by atoms with Gasteiger partial charge in [0.1, 0.15) is 0 Å². The van der Waals surface area contributed by atoms with Gasteiger partial charge in [0.05, 0.1) is 0 Å². The Morgan fingerprint density at radius 2 is 1.86 bits per heavy atom. The Bertz CT molecular complexity index is 506. The molecule has 22 heavy (non-hydrogen) atoms. The first-order chi connectivity index (χ1) is 10.6. The Morgan fingerprint density at radius 1 is 1.18 bits per heavy atom. The number of carboxylic acids is 1. The van der Waals surface area contributed by atoms with E-state index in [1.807, 2.05) is 12.1 Å². The summed E-state index contributed by atoms with van der Waals surface area (Å²) in [5.74, 6) is 2.11. The van der Waals surface area contributed by atoms with Gasteiger partial charge in [0.25, 0.3) is 0 Å². The van der Waals surface area contributed by atoms with Crippen LogP contribution in [0.2, 0.25) is 5.02 Å². The van der Waals surface area contributed by atoms with Crippen molar-refractivity contribution in [2.75, 3.05) is 13.1 Å². The Balaban J connectivity index is 1.54. The topological polar surface area (TPSA) is 40.5 Å². The number of halogens is 1. The van der Waals surface area contributed by atoms with Gasteiger partial charge in [-0.05, 0) is 67.7 Å². The van der Waals surface area contributed by atoms with Gasteiger partial charge < -0.3 is 5.11 Å². The van der Waals surface area contributed by atoms with Gasteiger partial charge in [-0.25, -0.2) is 0 Å². The van der Waals surface area contributed by atoms with Gasteiger partial charge >= 0.3 is 5.97 Å². The first kappa shape index (κ1) is 15.8. The number of hydrogen-bond acceptors (Lipinski definition) is 2. The second-order valence-corrected chi connectivity index (χ2v) is 7.39. The molecule has 2 aliphatic rings. The number of fused-ring (bicyclic) bond motifs is 1. The van der Waals surface area contributed by atoms with Gasteiger partial charge in [-0.3, -0.25) is 9.69 Å². The summed E-state index contributed by atoms with van der Waals surface area (Å²) in [7, 11) is 0. The van der Waals surface area contributed by atoms with E-state index in [1.165, 1.54) is 24.8 Å². The van der Waals surface area contributed by atoms with E-state index in [4.69, 9.17) is 16.7 Å². The molecule has 0 aromatic heterocycles. The molecule has 0 saturated heterocycles. The first-order valence-electron chi connectivity index (χ1n) is 8.28. The molecule has 0 amide bonds. The Hall–Kier alpha value is -1.06. The van der Waals surface area contributed by atoms with Crippen LogP contribution in [-0.2, 0) is 11.3 Å². The van der Waals surface area contributed by atoms with Gasteiger partial charge in [0.15, 0.2) is 0 Å². The van der Waals surface area contributed by atoms with Crippen LogP contribution in [0.1, 0.15) is 37.7 Å². The predicted octanol–water partition coefficient (Wildman–Crippen LogP) is 4.05. The third kappa shape index (κ3) is 4.47. The highest BCUT2D eigenvalue weighted by Gasteiger charge is 2.45. The Morgan fingerprint density at radius 3 is 2.50 bits per heavy atom. The monoisotopic (exact) mass is 321 g/mol. The lowest BCUT2D eigenvalue weighted by Crippen LogP contribution is -2.30. The standard InChI is InChI=1S/C18H24ClNO2/c19-17-5-3-13(4-6-17)11-20(7-1-2-18(21)22)12-14-8-15-10-16(15)9-14/h3-6,14-16H,1-2,7-12H2,(H,21,22). The van der Waals surface area contributed by atoms with Crippen LogP contribution in [0.25, 0.3) is 0 Å². The van der Waals surface area contributed by atoms with Crippen molar-refractivity contribution >= 4 is 17.6 Å². The quantitative estimate of drug-likeness (QED) is 0.785. The van der Waals surface area contributed by atoms with Gasteiger partial charge in [0, 0.05) is 24.5 Å². The number of benzene rings is 1.